The Bertz CT molecular complexity index is 1300. The number of sulfonamides is 1. The van der Waals surface area contributed by atoms with Gasteiger partial charge in [0, 0.05) is 31.8 Å². The number of pyridine rings is 1. The Balaban J connectivity index is 1.51. The lowest BCUT2D eigenvalue weighted by Crippen LogP contribution is -2.25. The Labute approximate surface area is 194 Å². The van der Waals surface area contributed by atoms with Crippen molar-refractivity contribution in [3.05, 3.63) is 82.4 Å². The summed E-state index contributed by atoms with van der Waals surface area (Å²) < 4.78 is 42.5. The van der Waals surface area contributed by atoms with E-state index in [0.29, 0.717) is 11.3 Å². The molecule has 3 aromatic rings. The number of rotatable bonds is 10. The fraction of sp³-hybridized carbons (Fsp3) is 0.143. The van der Waals surface area contributed by atoms with Crippen LogP contribution in [-0.2, 0) is 21.4 Å². The van der Waals surface area contributed by atoms with E-state index >= 15 is 0 Å². The summed E-state index contributed by atoms with van der Waals surface area (Å²) in [5.41, 5.74) is 0.0547. The summed E-state index contributed by atoms with van der Waals surface area (Å²) in [6, 6.07) is 10.7. The molecule has 0 atom stereocenters. The van der Waals surface area contributed by atoms with E-state index in [4.69, 9.17) is 9.88 Å². The SMILES string of the molecule is NS(=O)(=O)c1ccc(NCCC(=O)NCc2ccc(Oc3cccnc3)c(F)c2)c([N+](=O)[O-])c1. The number of aromatic nitrogens is 1. The van der Waals surface area contributed by atoms with Gasteiger partial charge in [-0.15, -0.1) is 0 Å². The number of primary sulfonamides is 1. The number of benzene rings is 2. The minimum Gasteiger partial charge on any atom is -0.453 e. The van der Waals surface area contributed by atoms with Crippen LogP contribution < -0.4 is 20.5 Å². The van der Waals surface area contributed by atoms with Gasteiger partial charge in [0.1, 0.15) is 11.4 Å². The fourth-order valence-corrected chi connectivity index (χ4v) is 3.39. The van der Waals surface area contributed by atoms with Crippen molar-refractivity contribution >= 4 is 27.3 Å². The molecular weight excluding hydrogens is 469 g/mol. The molecule has 34 heavy (non-hydrogen) atoms. The van der Waals surface area contributed by atoms with Gasteiger partial charge in [0.15, 0.2) is 11.6 Å². The van der Waals surface area contributed by atoms with E-state index in [-0.39, 0.29) is 36.9 Å². The third kappa shape index (κ3) is 6.70. The average Bonchev–Trinajstić information content (AvgIpc) is 2.79. The third-order valence-electron chi connectivity index (χ3n) is 4.51. The summed E-state index contributed by atoms with van der Waals surface area (Å²) in [6.07, 6.45) is 2.97. The van der Waals surface area contributed by atoms with E-state index in [1.54, 1.807) is 24.4 Å². The average molecular weight is 489 g/mol. The number of amides is 1. The molecule has 4 N–H and O–H groups in total. The van der Waals surface area contributed by atoms with E-state index < -0.39 is 31.3 Å². The minimum atomic E-state index is -4.10. The molecule has 2 aromatic carbocycles. The first-order chi connectivity index (χ1) is 16.1. The van der Waals surface area contributed by atoms with Crippen LogP contribution in [0, 0.1) is 15.9 Å². The number of nitro benzene ring substituents is 1. The first-order valence-corrected chi connectivity index (χ1v) is 11.4. The number of nitrogens with two attached hydrogens (primary N) is 1. The standard InChI is InChI=1S/C21H20FN5O6S/c22-17-10-14(3-6-20(17)33-15-2-1-8-24-13-15)12-26-21(28)7-9-25-18-5-4-16(34(23,31)32)11-19(18)27(29)30/h1-6,8,10-11,13,25H,7,9,12H2,(H,26,28)(H2,23,31,32). The Hall–Kier alpha value is -4.10. The third-order valence-corrected chi connectivity index (χ3v) is 5.42. The van der Waals surface area contributed by atoms with Gasteiger partial charge in [-0.25, -0.2) is 17.9 Å². The number of carbonyl (C=O) groups excluding carboxylic acids is 1. The maximum atomic E-state index is 14.3. The fourth-order valence-electron chi connectivity index (χ4n) is 2.86. The molecule has 3 rings (SSSR count). The number of halogens is 1. The van der Waals surface area contributed by atoms with Gasteiger partial charge in [0.2, 0.25) is 15.9 Å². The molecule has 1 aromatic heterocycles. The van der Waals surface area contributed by atoms with Crippen LogP contribution >= 0.6 is 0 Å². The van der Waals surface area contributed by atoms with Crippen molar-refractivity contribution in [1.29, 1.82) is 0 Å². The van der Waals surface area contributed by atoms with Gasteiger partial charge in [0.25, 0.3) is 5.69 Å². The number of carbonyl (C=O) groups is 1. The van der Waals surface area contributed by atoms with E-state index in [2.05, 4.69) is 15.6 Å². The monoisotopic (exact) mass is 489 g/mol. The molecule has 0 spiro atoms. The highest BCUT2D eigenvalue weighted by molar-refractivity contribution is 7.89. The van der Waals surface area contributed by atoms with Gasteiger partial charge in [-0.05, 0) is 42.0 Å². The number of hydrogen-bond donors (Lipinski definition) is 3. The predicted molar refractivity (Wildman–Crippen MR) is 120 cm³/mol. The molecule has 1 amide bonds. The molecule has 178 valence electrons. The number of nitrogens with one attached hydrogen (secondary N) is 2. The van der Waals surface area contributed by atoms with Crippen molar-refractivity contribution in [2.45, 2.75) is 17.9 Å². The molecule has 0 unspecified atom stereocenters. The summed E-state index contributed by atoms with van der Waals surface area (Å²) >= 11 is 0. The van der Waals surface area contributed by atoms with Crippen molar-refractivity contribution < 1.29 is 27.3 Å². The molecule has 0 bridgehead atoms. The predicted octanol–water partition coefficient (Wildman–Crippen LogP) is 2.69. The lowest BCUT2D eigenvalue weighted by molar-refractivity contribution is -0.384. The summed E-state index contributed by atoms with van der Waals surface area (Å²) in [4.78, 5) is 26.0. The highest BCUT2D eigenvalue weighted by Gasteiger charge is 2.19. The molecule has 0 aliphatic rings. The summed E-state index contributed by atoms with van der Waals surface area (Å²) in [5.74, 6) is -0.586. The molecule has 11 nitrogen and oxygen atoms in total. The van der Waals surface area contributed by atoms with E-state index in [0.717, 1.165) is 12.1 Å². The molecule has 0 saturated carbocycles. The number of nitro groups is 1. The Kier molecular flexibility index (Phi) is 7.71. The Morgan fingerprint density at radius 3 is 2.65 bits per heavy atom. The van der Waals surface area contributed by atoms with Gasteiger partial charge < -0.3 is 15.4 Å². The van der Waals surface area contributed by atoms with E-state index in [1.807, 2.05) is 0 Å². The molecular formula is C21H20FN5O6S. The highest BCUT2D eigenvalue weighted by Crippen LogP contribution is 2.27. The van der Waals surface area contributed by atoms with Crippen molar-refractivity contribution in [2.75, 3.05) is 11.9 Å². The summed E-state index contributed by atoms with van der Waals surface area (Å²) in [6.45, 7) is 0.0970. The van der Waals surface area contributed by atoms with Crippen LogP contribution in [0.1, 0.15) is 12.0 Å². The quantitative estimate of drug-likeness (QED) is 0.289. The van der Waals surface area contributed by atoms with Gasteiger partial charge in [-0.2, -0.15) is 0 Å². The van der Waals surface area contributed by atoms with Gasteiger partial charge in [0.05, 0.1) is 16.0 Å². The van der Waals surface area contributed by atoms with Gasteiger partial charge >= 0.3 is 0 Å². The smallest absolute Gasteiger partial charge is 0.293 e. The zero-order valence-electron chi connectivity index (χ0n) is 17.6. The first-order valence-electron chi connectivity index (χ1n) is 9.81. The number of ether oxygens (including phenoxy) is 1. The second-order valence-electron chi connectivity index (χ2n) is 6.99. The maximum absolute atomic E-state index is 14.3. The maximum Gasteiger partial charge on any atom is 0.293 e. The number of hydrogen-bond acceptors (Lipinski definition) is 8. The van der Waals surface area contributed by atoms with Crippen molar-refractivity contribution in [1.82, 2.24) is 10.3 Å². The Morgan fingerprint density at radius 2 is 2.00 bits per heavy atom. The lowest BCUT2D eigenvalue weighted by Gasteiger charge is -2.10. The lowest BCUT2D eigenvalue weighted by atomic mass is 10.2. The highest BCUT2D eigenvalue weighted by atomic mass is 32.2. The Morgan fingerprint density at radius 1 is 1.21 bits per heavy atom. The van der Waals surface area contributed by atoms with E-state index in [1.165, 1.54) is 24.4 Å². The molecule has 13 heteroatoms. The van der Waals surface area contributed by atoms with Crippen LogP contribution in [0.2, 0.25) is 0 Å². The van der Waals surface area contributed by atoms with Crippen LogP contribution in [0.25, 0.3) is 0 Å². The summed E-state index contributed by atoms with van der Waals surface area (Å²) in [5, 5.41) is 21.6. The first kappa shape index (κ1) is 24.5. The van der Waals surface area contributed by atoms with Crippen LogP contribution in [0.3, 0.4) is 0 Å². The van der Waals surface area contributed by atoms with Crippen LogP contribution in [0.5, 0.6) is 11.5 Å². The minimum absolute atomic E-state index is 0.0160. The zero-order valence-corrected chi connectivity index (χ0v) is 18.4. The van der Waals surface area contributed by atoms with Crippen LogP contribution in [-0.4, -0.2) is 30.8 Å². The molecule has 0 aliphatic carbocycles. The normalized spacial score (nSPS) is 11.0. The number of anilines is 1. The summed E-state index contributed by atoms with van der Waals surface area (Å²) in [7, 11) is -4.10. The molecule has 0 saturated heterocycles. The molecule has 0 radical (unpaired) electrons. The molecule has 0 fully saturated rings. The van der Waals surface area contributed by atoms with Crippen LogP contribution in [0.15, 0.2) is 65.8 Å². The van der Waals surface area contributed by atoms with Gasteiger partial charge in [-0.3, -0.25) is 19.9 Å². The number of nitrogens with zero attached hydrogens (tertiary/aromatic N) is 2. The largest absolute Gasteiger partial charge is 0.453 e. The van der Waals surface area contributed by atoms with Gasteiger partial charge in [-0.1, -0.05) is 6.07 Å². The van der Waals surface area contributed by atoms with Crippen molar-refractivity contribution in [2.24, 2.45) is 5.14 Å². The molecule has 0 aliphatic heterocycles. The second kappa shape index (κ2) is 10.7. The molecule has 1 heterocycles. The van der Waals surface area contributed by atoms with Crippen molar-refractivity contribution in [3.63, 3.8) is 0 Å². The van der Waals surface area contributed by atoms with Crippen LogP contribution in [0.4, 0.5) is 15.8 Å². The second-order valence-corrected chi connectivity index (χ2v) is 8.55. The van der Waals surface area contributed by atoms with Crippen molar-refractivity contribution in [3.8, 4) is 11.5 Å². The zero-order chi connectivity index (χ0) is 24.7. The topological polar surface area (TPSA) is 167 Å². The van der Waals surface area contributed by atoms with E-state index in [9.17, 15) is 27.7 Å².